The molecule has 0 saturated carbocycles. The number of hydrogen-bond acceptors (Lipinski definition) is 2. The number of benzene rings is 2. The molecular formula is C15H14N2. The van der Waals surface area contributed by atoms with Crippen LogP contribution >= 0.6 is 0 Å². The minimum atomic E-state index is 0.766. The number of hydrogen-bond donors (Lipinski definition) is 1. The van der Waals surface area contributed by atoms with Crippen molar-refractivity contribution in [2.24, 2.45) is 0 Å². The van der Waals surface area contributed by atoms with Gasteiger partial charge in [0, 0.05) is 12.2 Å². The lowest BCUT2D eigenvalue weighted by molar-refractivity contribution is 1.01. The highest BCUT2D eigenvalue weighted by atomic mass is 14.9. The Morgan fingerprint density at radius 2 is 1.65 bits per heavy atom. The summed E-state index contributed by atoms with van der Waals surface area (Å²) < 4.78 is 0. The van der Waals surface area contributed by atoms with Crippen molar-refractivity contribution in [3.05, 3.63) is 65.7 Å². The lowest BCUT2D eigenvalue weighted by Gasteiger charge is -2.07. The fraction of sp³-hybridized carbons (Fsp3) is 0.133. The van der Waals surface area contributed by atoms with E-state index >= 15 is 0 Å². The lowest BCUT2D eigenvalue weighted by atomic mass is 10.1. The molecule has 2 aromatic rings. The van der Waals surface area contributed by atoms with Gasteiger partial charge in [0.15, 0.2) is 0 Å². The third-order valence-corrected chi connectivity index (χ3v) is 2.64. The van der Waals surface area contributed by atoms with E-state index in [-0.39, 0.29) is 0 Å². The fourth-order valence-corrected chi connectivity index (χ4v) is 1.74. The minimum Gasteiger partial charge on any atom is -0.385 e. The molecule has 1 N–H and O–H groups in total. The molecule has 0 saturated heterocycles. The van der Waals surface area contributed by atoms with Gasteiger partial charge in [-0.15, -0.1) is 0 Å². The summed E-state index contributed by atoms with van der Waals surface area (Å²) in [6, 6.07) is 20.0. The summed E-state index contributed by atoms with van der Waals surface area (Å²) in [6.07, 6.45) is 0.860. The maximum Gasteiger partial charge on any atom is 0.0994 e. The molecule has 0 aliphatic rings. The average Bonchev–Trinajstić information content (AvgIpc) is 2.40. The fourth-order valence-electron chi connectivity index (χ4n) is 1.74. The maximum atomic E-state index is 8.96. The van der Waals surface area contributed by atoms with E-state index in [0.29, 0.717) is 0 Å². The monoisotopic (exact) mass is 222 g/mol. The van der Waals surface area contributed by atoms with Crippen LogP contribution in [0.25, 0.3) is 0 Å². The van der Waals surface area contributed by atoms with Gasteiger partial charge in [-0.3, -0.25) is 0 Å². The first-order valence-corrected chi connectivity index (χ1v) is 5.67. The Labute approximate surface area is 102 Å². The molecule has 0 fully saturated rings. The molecule has 0 bridgehead atoms. The summed E-state index contributed by atoms with van der Waals surface area (Å²) >= 11 is 0. The van der Waals surface area contributed by atoms with Crippen molar-refractivity contribution in [1.82, 2.24) is 0 Å². The Morgan fingerprint density at radius 3 is 2.41 bits per heavy atom. The topological polar surface area (TPSA) is 35.8 Å². The number of anilines is 1. The average molecular weight is 222 g/mol. The van der Waals surface area contributed by atoms with Gasteiger partial charge in [0.1, 0.15) is 0 Å². The van der Waals surface area contributed by atoms with Crippen LogP contribution < -0.4 is 5.32 Å². The Bertz CT molecular complexity index is 512. The van der Waals surface area contributed by atoms with Gasteiger partial charge in [-0.1, -0.05) is 36.4 Å². The molecule has 84 valence electrons. The van der Waals surface area contributed by atoms with Gasteiger partial charge in [-0.2, -0.15) is 5.26 Å². The van der Waals surface area contributed by atoms with E-state index in [1.54, 1.807) is 0 Å². The second-order valence-electron chi connectivity index (χ2n) is 3.81. The van der Waals surface area contributed by atoms with Crippen molar-refractivity contribution in [2.75, 3.05) is 11.9 Å². The smallest absolute Gasteiger partial charge is 0.0994 e. The number of rotatable bonds is 4. The summed E-state index contributed by atoms with van der Waals surface area (Å²) in [7, 11) is 0. The van der Waals surface area contributed by atoms with Crippen molar-refractivity contribution < 1.29 is 0 Å². The largest absolute Gasteiger partial charge is 0.385 e. The maximum absolute atomic E-state index is 8.96. The van der Waals surface area contributed by atoms with Crippen LogP contribution in [0.4, 0.5) is 5.69 Å². The molecule has 0 unspecified atom stereocenters. The summed E-state index contributed by atoms with van der Waals surface area (Å²) in [4.78, 5) is 0. The molecule has 0 radical (unpaired) electrons. The quantitative estimate of drug-likeness (QED) is 0.862. The zero-order chi connectivity index (χ0) is 11.9. The van der Waals surface area contributed by atoms with Gasteiger partial charge >= 0.3 is 0 Å². The number of nitriles is 1. The Hall–Kier alpha value is -2.27. The van der Waals surface area contributed by atoms with Gasteiger partial charge in [0.2, 0.25) is 0 Å². The van der Waals surface area contributed by atoms with Crippen LogP contribution in [-0.2, 0) is 6.42 Å². The van der Waals surface area contributed by atoms with E-state index in [9.17, 15) is 0 Å². The third-order valence-electron chi connectivity index (χ3n) is 2.64. The Balaban J connectivity index is 1.93. The second-order valence-corrected chi connectivity index (χ2v) is 3.81. The van der Waals surface area contributed by atoms with Crippen LogP contribution in [0, 0.1) is 11.3 Å². The van der Waals surface area contributed by atoms with Crippen LogP contribution in [0.1, 0.15) is 11.1 Å². The Kier molecular flexibility index (Phi) is 3.77. The van der Waals surface area contributed by atoms with E-state index in [2.05, 4.69) is 11.4 Å². The molecular weight excluding hydrogens is 208 g/mol. The van der Waals surface area contributed by atoms with Crippen molar-refractivity contribution in [3.8, 4) is 6.07 Å². The van der Waals surface area contributed by atoms with Crippen LogP contribution in [0.3, 0.4) is 0 Å². The zero-order valence-electron chi connectivity index (χ0n) is 9.56. The van der Waals surface area contributed by atoms with Crippen molar-refractivity contribution in [3.63, 3.8) is 0 Å². The van der Waals surface area contributed by atoms with Crippen molar-refractivity contribution >= 4 is 5.69 Å². The molecule has 0 spiro atoms. The Morgan fingerprint density at radius 1 is 0.941 bits per heavy atom. The molecule has 0 atom stereocenters. The van der Waals surface area contributed by atoms with E-state index in [4.69, 9.17) is 5.26 Å². The predicted octanol–water partition coefficient (Wildman–Crippen LogP) is 3.21. The summed E-state index contributed by atoms with van der Waals surface area (Å²) in [5.74, 6) is 0. The first kappa shape index (κ1) is 11.2. The molecule has 2 rings (SSSR count). The number of nitrogens with zero attached hydrogens (tertiary/aromatic N) is 1. The molecule has 17 heavy (non-hydrogen) atoms. The van der Waals surface area contributed by atoms with Crippen LogP contribution in [0.2, 0.25) is 0 Å². The summed E-state index contributed by atoms with van der Waals surface area (Å²) in [5, 5.41) is 12.3. The molecule has 2 nitrogen and oxygen atoms in total. The zero-order valence-corrected chi connectivity index (χ0v) is 9.56. The third kappa shape index (κ3) is 3.09. The summed E-state index contributed by atoms with van der Waals surface area (Å²) in [5.41, 5.74) is 2.97. The molecule has 0 aliphatic carbocycles. The molecule has 2 heteroatoms. The van der Waals surface area contributed by atoms with Crippen LogP contribution in [0.5, 0.6) is 0 Å². The lowest BCUT2D eigenvalue weighted by Crippen LogP contribution is -2.05. The minimum absolute atomic E-state index is 0.766. The van der Waals surface area contributed by atoms with Gasteiger partial charge < -0.3 is 5.32 Å². The van der Waals surface area contributed by atoms with Gasteiger partial charge in [0.25, 0.3) is 0 Å². The second kappa shape index (κ2) is 5.72. The normalized spacial score (nSPS) is 9.59. The highest BCUT2D eigenvalue weighted by Gasteiger charge is 1.99. The van der Waals surface area contributed by atoms with E-state index < -0.39 is 0 Å². The predicted molar refractivity (Wildman–Crippen MR) is 69.8 cm³/mol. The molecule has 0 heterocycles. The number of nitrogens with one attached hydrogen (secondary N) is 1. The van der Waals surface area contributed by atoms with Crippen LogP contribution in [-0.4, -0.2) is 6.54 Å². The van der Waals surface area contributed by atoms with Gasteiger partial charge in [0.05, 0.1) is 11.6 Å². The van der Waals surface area contributed by atoms with Gasteiger partial charge in [-0.05, 0) is 30.2 Å². The van der Waals surface area contributed by atoms with Gasteiger partial charge in [-0.25, -0.2) is 0 Å². The van der Waals surface area contributed by atoms with E-state index in [1.807, 2.05) is 54.6 Å². The van der Waals surface area contributed by atoms with Crippen molar-refractivity contribution in [2.45, 2.75) is 6.42 Å². The SMILES string of the molecule is N#Cc1ccccc1CCNc1ccccc1. The molecule has 2 aromatic carbocycles. The molecule has 0 aliphatic heterocycles. The number of para-hydroxylation sites is 1. The van der Waals surface area contributed by atoms with Crippen molar-refractivity contribution in [1.29, 1.82) is 5.26 Å². The highest BCUT2D eigenvalue weighted by molar-refractivity contribution is 5.43. The summed E-state index contributed by atoms with van der Waals surface area (Å²) in [6.45, 7) is 0.836. The molecule has 0 amide bonds. The van der Waals surface area contributed by atoms with Crippen LogP contribution in [0.15, 0.2) is 54.6 Å². The van der Waals surface area contributed by atoms with E-state index in [1.165, 1.54) is 0 Å². The standard InChI is InChI=1S/C15H14N2/c16-12-14-7-5-4-6-13(14)10-11-17-15-8-2-1-3-9-15/h1-9,17H,10-11H2. The van der Waals surface area contributed by atoms with E-state index in [0.717, 1.165) is 29.8 Å². The first-order valence-electron chi connectivity index (χ1n) is 5.67. The first-order chi connectivity index (χ1) is 8.40. The highest BCUT2D eigenvalue weighted by Crippen LogP contribution is 2.09. The molecule has 0 aromatic heterocycles.